The molecule has 0 bridgehead atoms. The summed E-state index contributed by atoms with van der Waals surface area (Å²) < 4.78 is 53.4. The molecule has 1 fully saturated rings. The Kier molecular flexibility index (Phi) is 5.22. The van der Waals surface area contributed by atoms with Gasteiger partial charge < -0.3 is 5.32 Å². The van der Waals surface area contributed by atoms with Crippen molar-refractivity contribution < 1.29 is 17.6 Å². The van der Waals surface area contributed by atoms with Crippen LogP contribution in [-0.2, 0) is 6.18 Å². The van der Waals surface area contributed by atoms with Gasteiger partial charge in [0.05, 0.1) is 5.56 Å². The van der Waals surface area contributed by atoms with E-state index in [0.717, 1.165) is 25.6 Å². The molecule has 0 unspecified atom stereocenters. The molecule has 0 aliphatic carbocycles. The van der Waals surface area contributed by atoms with E-state index in [0.29, 0.717) is 19.5 Å². The Morgan fingerprint density at radius 3 is 2.48 bits per heavy atom. The molecule has 2 nitrogen and oxygen atoms in total. The minimum absolute atomic E-state index is 0.0613. The molecule has 1 aliphatic rings. The molecular weight excluding hydrogens is 284 g/mol. The normalized spacial score (nSPS) is 18.7. The highest BCUT2D eigenvalue weighted by molar-refractivity contribution is 5.34. The van der Waals surface area contributed by atoms with Crippen molar-refractivity contribution in [2.24, 2.45) is 0 Å². The zero-order chi connectivity index (χ0) is 15.5. The summed E-state index contributed by atoms with van der Waals surface area (Å²) in [4.78, 5) is 2.02. The maximum atomic E-state index is 13.8. The molecule has 0 amide bonds. The summed E-state index contributed by atoms with van der Waals surface area (Å²) in [6.45, 7) is 4.78. The highest BCUT2D eigenvalue weighted by Gasteiger charge is 2.39. The van der Waals surface area contributed by atoms with Crippen molar-refractivity contribution >= 4 is 0 Å². The van der Waals surface area contributed by atoms with Crippen LogP contribution in [0, 0.1) is 5.82 Å². The molecule has 1 heterocycles. The van der Waals surface area contributed by atoms with Gasteiger partial charge in [-0.1, -0.05) is 25.5 Å². The van der Waals surface area contributed by atoms with Crippen LogP contribution in [0.1, 0.15) is 36.9 Å². The SMILES string of the molecule is CCC[C@@H](c1cccc(F)c1C(F)(F)F)N1CCNCC1. The van der Waals surface area contributed by atoms with E-state index in [4.69, 9.17) is 0 Å². The van der Waals surface area contributed by atoms with Crippen LogP contribution in [0.2, 0.25) is 0 Å². The average Bonchev–Trinajstić information content (AvgIpc) is 2.44. The molecule has 2 rings (SSSR count). The molecule has 1 aliphatic heterocycles. The van der Waals surface area contributed by atoms with E-state index in [-0.39, 0.29) is 11.6 Å². The highest BCUT2D eigenvalue weighted by atomic mass is 19.4. The fourth-order valence-electron chi connectivity index (χ4n) is 2.92. The van der Waals surface area contributed by atoms with Crippen molar-refractivity contribution in [3.05, 3.63) is 35.1 Å². The molecule has 0 radical (unpaired) electrons. The third kappa shape index (κ3) is 3.74. The first-order chi connectivity index (χ1) is 9.95. The van der Waals surface area contributed by atoms with Crippen molar-refractivity contribution in [1.29, 1.82) is 0 Å². The maximum Gasteiger partial charge on any atom is 0.419 e. The Balaban J connectivity index is 2.42. The minimum atomic E-state index is -4.67. The number of piperazine rings is 1. The van der Waals surface area contributed by atoms with Crippen molar-refractivity contribution in [2.45, 2.75) is 32.0 Å². The van der Waals surface area contributed by atoms with Gasteiger partial charge in [-0.3, -0.25) is 4.90 Å². The molecule has 1 aromatic carbocycles. The van der Waals surface area contributed by atoms with Crippen molar-refractivity contribution in [2.75, 3.05) is 26.2 Å². The summed E-state index contributed by atoms with van der Waals surface area (Å²) in [5.74, 6) is -1.18. The lowest BCUT2D eigenvalue weighted by atomic mass is 9.94. The van der Waals surface area contributed by atoms with E-state index < -0.39 is 17.6 Å². The highest BCUT2D eigenvalue weighted by Crippen LogP contribution is 2.39. The molecule has 1 atom stereocenters. The van der Waals surface area contributed by atoms with Crippen molar-refractivity contribution in [3.63, 3.8) is 0 Å². The first-order valence-electron chi connectivity index (χ1n) is 7.25. The van der Waals surface area contributed by atoms with Gasteiger partial charge in [-0.15, -0.1) is 0 Å². The fraction of sp³-hybridized carbons (Fsp3) is 0.600. The predicted molar refractivity (Wildman–Crippen MR) is 73.5 cm³/mol. The second-order valence-electron chi connectivity index (χ2n) is 5.29. The first kappa shape index (κ1) is 16.2. The summed E-state index contributed by atoms with van der Waals surface area (Å²) in [7, 11) is 0. The lowest BCUT2D eigenvalue weighted by Crippen LogP contribution is -2.45. The third-order valence-corrected chi connectivity index (χ3v) is 3.84. The summed E-state index contributed by atoms with van der Waals surface area (Å²) in [6, 6.07) is 3.27. The Bertz CT molecular complexity index is 467. The average molecular weight is 304 g/mol. The summed E-state index contributed by atoms with van der Waals surface area (Å²) in [5.41, 5.74) is -1.05. The van der Waals surface area contributed by atoms with Gasteiger partial charge in [0.2, 0.25) is 0 Å². The van der Waals surface area contributed by atoms with E-state index >= 15 is 0 Å². The molecular formula is C15H20F4N2. The monoisotopic (exact) mass is 304 g/mol. The van der Waals surface area contributed by atoms with Crippen LogP contribution in [0.4, 0.5) is 17.6 Å². The van der Waals surface area contributed by atoms with Gasteiger partial charge in [0.15, 0.2) is 0 Å². The van der Waals surface area contributed by atoms with Gasteiger partial charge in [0, 0.05) is 32.2 Å². The maximum absolute atomic E-state index is 13.8. The standard InChI is InChI=1S/C15H20F4N2/c1-2-4-13(21-9-7-20-8-10-21)11-5-3-6-12(16)14(11)15(17,18)19/h3,5-6,13,20H,2,4,7-10H2,1H3/t13-/m0/s1. The summed E-state index contributed by atoms with van der Waals surface area (Å²) >= 11 is 0. The second-order valence-corrected chi connectivity index (χ2v) is 5.29. The smallest absolute Gasteiger partial charge is 0.314 e. The van der Waals surface area contributed by atoms with Crippen molar-refractivity contribution in [3.8, 4) is 0 Å². The van der Waals surface area contributed by atoms with Crippen LogP contribution in [0.15, 0.2) is 18.2 Å². The van der Waals surface area contributed by atoms with E-state index in [1.165, 1.54) is 12.1 Å². The van der Waals surface area contributed by atoms with Gasteiger partial charge in [-0.2, -0.15) is 13.2 Å². The van der Waals surface area contributed by atoms with E-state index in [1.807, 2.05) is 11.8 Å². The number of benzene rings is 1. The molecule has 118 valence electrons. The molecule has 0 aromatic heterocycles. The van der Waals surface area contributed by atoms with Crippen LogP contribution < -0.4 is 5.32 Å². The Morgan fingerprint density at radius 1 is 1.24 bits per heavy atom. The first-order valence-corrected chi connectivity index (χ1v) is 7.25. The summed E-state index contributed by atoms with van der Waals surface area (Å²) in [5, 5.41) is 3.18. The number of halogens is 4. The quantitative estimate of drug-likeness (QED) is 0.855. The second kappa shape index (κ2) is 6.75. The van der Waals surface area contributed by atoms with Crippen LogP contribution in [-0.4, -0.2) is 31.1 Å². The van der Waals surface area contributed by atoms with Gasteiger partial charge >= 0.3 is 6.18 Å². The Labute approximate surface area is 122 Å². The van der Waals surface area contributed by atoms with Crippen LogP contribution in [0.25, 0.3) is 0 Å². The number of hydrogen-bond acceptors (Lipinski definition) is 2. The molecule has 0 spiro atoms. The Morgan fingerprint density at radius 2 is 1.90 bits per heavy atom. The zero-order valence-corrected chi connectivity index (χ0v) is 12.0. The van der Waals surface area contributed by atoms with Crippen LogP contribution in [0.3, 0.4) is 0 Å². The van der Waals surface area contributed by atoms with Crippen LogP contribution >= 0.6 is 0 Å². The van der Waals surface area contributed by atoms with Gasteiger partial charge in [-0.05, 0) is 18.1 Å². The number of rotatable bonds is 4. The molecule has 6 heteroatoms. The van der Waals surface area contributed by atoms with Gasteiger partial charge in [0.1, 0.15) is 5.82 Å². The lowest BCUT2D eigenvalue weighted by molar-refractivity contribution is -0.141. The van der Waals surface area contributed by atoms with Gasteiger partial charge in [-0.25, -0.2) is 4.39 Å². The minimum Gasteiger partial charge on any atom is -0.314 e. The largest absolute Gasteiger partial charge is 0.419 e. The number of hydrogen-bond donors (Lipinski definition) is 1. The topological polar surface area (TPSA) is 15.3 Å². The lowest BCUT2D eigenvalue weighted by Gasteiger charge is -2.36. The van der Waals surface area contributed by atoms with Gasteiger partial charge in [0.25, 0.3) is 0 Å². The number of alkyl halides is 3. The van der Waals surface area contributed by atoms with E-state index in [2.05, 4.69) is 5.32 Å². The van der Waals surface area contributed by atoms with E-state index in [9.17, 15) is 17.6 Å². The molecule has 0 saturated carbocycles. The number of nitrogens with zero attached hydrogens (tertiary/aromatic N) is 1. The Hall–Kier alpha value is -1.14. The predicted octanol–water partition coefficient (Wildman–Crippen LogP) is 3.59. The zero-order valence-electron chi connectivity index (χ0n) is 12.0. The molecule has 1 saturated heterocycles. The molecule has 1 aromatic rings. The molecule has 21 heavy (non-hydrogen) atoms. The number of nitrogens with one attached hydrogen (secondary N) is 1. The van der Waals surface area contributed by atoms with Crippen molar-refractivity contribution in [1.82, 2.24) is 10.2 Å². The molecule has 1 N–H and O–H groups in total. The fourth-order valence-corrected chi connectivity index (χ4v) is 2.92. The summed E-state index contributed by atoms with van der Waals surface area (Å²) in [6.07, 6.45) is -3.32. The van der Waals surface area contributed by atoms with E-state index in [1.54, 1.807) is 0 Å². The van der Waals surface area contributed by atoms with Crippen LogP contribution in [0.5, 0.6) is 0 Å². The third-order valence-electron chi connectivity index (χ3n) is 3.84.